The summed E-state index contributed by atoms with van der Waals surface area (Å²) in [7, 11) is 0. The molecule has 0 saturated heterocycles. The van der Waals surface area contributed by atoms with Crippen molar-refractivity contribution in [1.29, 1.82) is 0 Å². The second kappa shape index (κ2) is 3.41. The fourth-order valence-corrected chi connectivity index (χ4v) is 5.28. The topological polar surface area (TPSA) is 77.8 Å². The van der Waals surface area contributed by atoms with E-state index in [4.69, 9.17) is 0 Å². The van der Waals surface area contributed by atoms with Crippen LogP contribution in [0.5, 0.6) is 0 Å². The van der Waals surface area contributed by atoms with Crippen molar-refractivity contribution >= 4 is 5.97 Å². The van der Waals surface area contributed by atoms with E-state index in [0.29, 0.717) is 12.0 Å². The van der Waals surface area contributed by atoms with Crippen molar-refractivity contribution in [2.75, 3.05) is 0 Å². The van der Waals surface area contributed by atoms with Crippen LogP contribution in [0.2, 0.25) is 0 Å². The lowest BCUT2D eigenvalue weighted by Gasteiger charge is -2.41. The Bertz CT molecular complexity index is 481. The van der Waals surface area contributed by atoms with Gasteiger partial charge in [-0.15, -0.1) is 0 Å². The highest BCUT2D eigenvalue weighted by Crippen LogP contribution is 2.71. The number of aliphatic hydroxyl groups is 2. The number of carboxylic acid groups (broad SMARTS) is 1. The maximum absolute atomic E-state index is 11.4. The minimum Gasteiger partial charge on any atom is -0.478 e. The first kappa shape index (κ1) is 13.1. The molecule has 0 bridgehead atoms. The normalized spacial score (nSPS) is 50.8. The molecule has 19 heavy (non-hydrogen) atoms. The highest BCUT2D eigenvalue weighted by molar-refractivity contribution is 5.89. The molecule has 4 nitrogen and oxygen atoms in total. The minimum atomic E-state index is -1.38. The zero-order chi connectivity index (χ0) is 14.2. The van der Waals surface area contributed by atoms with Gasteiger partial charge >= 0.3 is 5.97 Å². The predicted molar refractivity (Wildman–Crippen MR) is 69.4 cm³/mol. The number of hydrogen-bond donors (Lipinski definition) is 3. The molecule has 0 heterocycles. The lowest BCUT2D eigenvalue weighted by molar-refractivity contribution is -0.133. The molecule has 0 aromatic heterocycles. The Kier molecular flexibility index (Phi) is 2.36. The monoisotopic (exact) mass is 266 g/mol. The molecule has 2 saturated carbocycles. The molecule has 0 amide bonds. The molecule has 0 aromatic carbocycles. The molecule has 5 atom stereocenters. The largest absolute Gasteiger partial charge is 0.478 e. The Hall–Kier alpha value is -0.870. The molecular formula is C15H22O4. The molecule has 3 rings (SSSR count). The Morgan fingerprint density at radius 1 is 1.37 bits per heavy atom. The van der Waals surface area contributed by atoms with Crippen molar-refractivity contribution in [3.8, 4) is 0 Å². The van der Waals surface area contributed by atoms with E-state index in [9.17, 15) is 20.1 Å². The maximum atomic E-state index is 11.4. The summed E-state index contributed by atoms with van der Waals surface area (Å²) in [5, 5.41) is 31.0. The second-order valence-electron chi connectivity index (χ2n) is 7.37. The summed E-state index contributed by atoms with van der Waals surface area (Å²) in [6.07, 6.45) is 2.94. The van der Waals surface area contributed by atoms with Gasteiger partial charge in [0.25, 0.3) is 0 Å². The van der Waals surface area contributed by atoms with Crippen molar-refractivity contribution < 1.29 is 20.1 Å². The van der Waals surface area contributed by atoms with Gasteiger partial charge in [-0.05, 0) is 42.6 Å². The third-order valence-corrected chi connectivity index (χ3v) is 6.04. The molecule has 0 aromatic rings. The van der Waals surface area contributed by atoms with Crippen LogP contribution in [0.1, 0.15) is 40.0 Å². The Balaban J connectivity index is 2.20. The minimum absolute atomic E-state index is 0.124. The van der Waals surface area contributed by atoms with Crippen LogP contribution in [0.4, 0.5) is 0 Å². The number of hydrogen-bond acceptors (Lipinski definition) is 3. The van der Waals surface area contributed by atoms with Crippen molar-refractivity contribution in [2.45, 2.75) is 51.7 Å². The lowest BCUT2D eigenvalue weighted by Crippen LogP contribution is -2.51. The van der Waals surface area contributed by atoms with Gasteiger partial charge in [0.1, 0.15) is 5.60 Å². The van der Waals surface area contributed by atoms with E-state index in [0.717, 1.165) is 12.8 Å². The van der Waals surface area contributed by atoms with Crippen LogP contribution in [0.15, 0.2) is 11.6 Å². The van der Waals surface area contributed by atoms with Crippen LogP contribution < -0.4 is 0 Å². The van der Waals surface area contributed by atoms with E-state index < -0.39 is 23.1 Å². The van der Waals surface area contributed by atoms with Crippen molar-refractivity contribution in [1.82, 2.24) is 0 Å². The number of aliphatic carboxylic acids is 1. The molecule has 3 N–H and O–H groups in total. The summed E-state index contributed by atoms with van der Waals surface area (Å²) in [5.41, 5.74) is -1.96. The van der Waals surface area contributed by atoms with Gasteiger partial charge in [0.05, 0.1) is 6.10 Å². The summed E-state index contributed by atoms with van der Waals surface area (Å²) < 4.78 is 0. The number of rotatable bonds is 1. The van der Waals surface area contributed by atoms with Gasteiger partial charge in [-0.1, -0.05) is 20.8 Å². The summed E-state index contributed by atoms with van der Waals surface area (Å²) in [6.45, 7) is 6.00. The van der Waals surface area contributed by atoms with E-state index in [-0.39, 0.29) is 17.3 Å². The van der Waals surface area contributed by atoms with Gasteiger partial charge in [0, 0.05) is 11.0 Å². The van der Waals surface area contributed by atoms with E-state index >= 15 is 0 Å². The maximum Gasteiger partial charge on any atom is 0.331 e. The Labute approximate surface area is 113 Å². The van der Waals surface area contributed by atoms with Crippen LogP contribution in [-0.2, 0) is 4.79 Å². The number of carbonyl (C=O) groups is 1. The van der Waals surface area contributed by atoms with Gasteiger partial charge in [-0.3, -0.25) is 0 Å². The van der Waals surface area contributed by atoms with Crippen LogP contribution >= 0.6 is 0 Å². The average molecular weight is 266 g/mol. The SMILES string of the molecule is C[C@@H]1CC[C@@H]2C(C(=O)O)=C[C@]3(O)[C@@H](O)C(C)(C)C[C@]123. The van der Waals surface area contributed by atoms with E-state index in [1.807, 2.05) is 13.8 Å². The van der Waals surface area contributed by atoms with Crippen LogP contribution in [0.25, 0.3) is 0 Å². The number of carboxylic acids is 1. The molecule has 0 unspecified atom stereocenters. The highest BCUT2D eigenvalue weighted by Gasteiger charge is 2.74. The molecule has 106 valence electrons. The van der Waals surface area contributed by atoms with E-state index in [2.05, 4.69) is 6.92 Å². The molecular weight excluding hydrogens is 244 g/mol. The Morgan fingerprint density at radius 2 is 2.00 bits per heavy atom. The van der Waals surface area contributed by atoms with Gasteiger partial charge < -0.3 is 15.3 Å². The van der Waals surface area contributed by atoms with Gasteiger partial charge in [-0.25, -0.2) is 4.79 Å². The Morgan fingerprint density at radius 3 is 2.58 bits per heavy atom. The molecule has 4 heteroatoms. The van der Waals surface area contributed by atoms with Crippen LogP contribution in [0.3, 0.4) is 0 Å². The zero-order valence-electron chi connectivity index (χ0n) is 11.7. The fraction of sp³-hybridized carbons (Fsp3) is 0.800. The van der Waals surface area contributed by atoms with E-state index in [1.54, 1.807) is 0 Å². The van der Waals surface area contributed by atoms with Crippen molar-refractivity contribution in [3.63, 3.8) is 0 Å². The second-order valence-corrected chi connectivity index (χ2v) is 7.37. The smallest absolute Gasteiger partial charge is 0.331 e. The summed E-state index contributed by atoms with van der Waals surface area (Å²) in [4.78, 5) is 11.4. The molecule has 2 fully saturated rings. The van der Waals surface area contributed by atoms with Crippen LogP contribution in [-0.4, -0.2) is 33.0 Å². The highest BCUT2D eigenvalue weighted by atomic mass is 16.4. The first-order valence-corrected chi connectivity index (χ1v) is 7.03. The zero-order valence-corrected chi connectivity index (χ0v) is 11.7. The molecule has 3 aliphatic rings. The van der Waals surface area contributed by atoms with Gasteiger partial charge in [0.2, 0.25) is 0 Å². The molecule has 3 aliphatic carbocycles. The molecule has 0 aliphatic heterocycles. The predicted octanol–water partition coefficient (Wildman–Crippen LogP) is 1.57. The van der Waals surface area contributed by atoms with Crippen molar-refractivity contribution in [3.05, 3.63) is 11.6 Å². The van der Waals surface area contributed by atoms with Crippen LogP contribution in [0, 0.1) is 22.7 Å². The first-order chi connectivity index (χ1) is 8.67. The third-order valence-electron chi connectivity index (χ3n) is 6.04. The standard InChI is InChI=1S/C15H22O4/c1-8-4-5-10-9(11(16)17)6-15(19)12(18)13(2,3)7-14(8,10)15/h6,8,10,12,18-19H,4-5,7H2,1-3H3,(H,16,17)/t8-,10-,12+,14+,15+/m1/s1. The van der Waals surface area contributed by atoms with Gasteiger partial charge in [-0.2, -0.15) is 0 Å². The summed E-state index contributed by atoms with van der Waals surface area (Å²) >= 11 is 0. The third kappa shape index (κ3) is 1.24. The number of aliphatic hydroxyl groups excluding tert-OH is 1. The fourth-order valence-electron chi connectivity index (χ4n) is 5.28. The summed E-state index contributed by atoms with van der Waals surface area (Å²) in [6, 6.07) is 0. The lowest BCUT2D eigenvalue weighted by atomic mass is 9.65. The average Bonchev–Trinajstić information content (AvgIpc) is 2.79. The van der Waals surface area contributed by atoms with Gasteiger partial charge in [0.15, 0.2) is 0 Å². The van der Waals surface area contributed by atoms with E-state index in [1.165, 1.54) is 6.08 Å². The first-order valence-electron chi connectivity index (χ1n) is 7.03. The molecule has 1 spiro atoms. The van der Waals surface area contributed by atoms with Crippen molar-refractivity contribution in [2.24, 2.45) is 22.7 Å². The quantitative estimate of drug-likeness (QED) is 0.673. The molecule has 0 radical (unpaired) electrons. The summed E-state index contributed by atoms with van der Waals surface area (Å²) in [5.74, 6) is -0.847.